The zero-order chi connectivity index (χ0) is 14.3. The molecule has 1 rings (SSSR count). The first kappa shape index (κ1) is 15.0. The summed E-state index contributed by atoms with van der Waals surface area (Å²) in [4.78, 5) is 21.8. The van der Waals surface area contributed by atoms with Crippen molar-refractivity contribution in [2.45, 2.75) is 13.3 Å². The number of hydrogen-bond acceptors (Lipinski definition) is 4. The Morgan fingerprint density at radius 3 is 2.89 bits per heavy atom. The molecule has 0 heterocycles. The first-order valence-corrected chi connectivity index (χ1v) is 5.80. The SMILES string of the molecule is COc1ccc(Cl)cc1NC(=O)C/C(C)=N/NC=O. The lowest BCUT2D eigenvalue weighted by Gasteiger charge is -2.10. The highest BCUT2D eigenvalue weighted by atomic mass is 35.5. The molecule has 102 valence electrons. The lowest BCUT2D eigenvalue weighted by atomic mass is 10.2. The molecule has 1 aromatic carbocycles. The first-order chi connectivity index (χ1) is 9.06. The molecule has 0 unspecified atom stereocenters. The smallest absolute Gasteiger partial charge is 0.230 e. The van der Waals surface area contributed by atoms with Crippen LogP contribution < -0.4 is 15.5 Å². The summed E-state index contributed by atoms with van der Waals surface area (Å²) in [6.45, 7) is 1.63. The molecule has 0 fully saturated rings. The number of hydrazone groups is 1. The number of carbonyl (C=O) groups excluding carboxylic acids is 2. The minimum absolute atomic E-state index is 0.0521. The molecule has 7 heteroatoms. The van der Waals surface area contributed by atoms with Gasteiger partial charge in [-0.05, 0) is 25.1 Å². The lowest BCUT2D eigenvalue weighted by molar-refractivity contribution is -0.115. The number of hydrogen-bond donors (Lipinski definition) is 2. The second-order valence-electron chi connectivity index (χ2n) is 3.66. The molecule has 0 aliphatic heterocycles. The van der Waals surface area contributed by atoms with Crippen LogP contribution in [0.3, 0.4) is 0 Å². The Balaban J connectivity index is 2.71. The van der Waals surface area contributed by atoms with Crippen LogP contribution in [0.5, 0.6) is 5.75 Å². The van der Waals surface area contributed by atoms with Crippen LogP contribution in [0.1, 0.15) is 13.3 Å². The molecule has 19 heavy (non-hydrogen) atoms. The summed E-state index contributed by atoms with van der Waals surface area (Å²) in [7, 11) is 1.50. The highest BCUT2D eigenvalue weighted by Gasteiger charge is 2.09. The van der Waals surface area contributed by atoms with Gasteiger partial charge >= 0.3 is 0 Å². The summed E-state index contributed by atoms with van der Waals surface area (Å²) in [5.74, 6) is 0.230. The highest BCUT2D eigenvalue weighted by Crippen LogP contribution is 2.27. The van der Waals surface area contributed by atoms with Gasteiger partial charge in [0.15, 0.2) is 0 Å². The van der Waals surface area contributed by atoms with E-state index in [-0.39, 0.29) is 12.3 Å². The van der Waals surface area contributed by atoms with Crippen LogP contribution in [0.25, 0.3) is 0 Å². The lowest BCUT2D eigenvalue weighted by Crippen LogP contribution is -2.17. The molecular formula is C12H14ClN3O3. The molecule has 0 aliphatic rings. The average molecular weight is 284 g/mol. The third-order valence-corrected chi connectivity index (χ3v) is 2.40. The van der Waals surface area contributed by atoms with E-state index >= 15 is 0 Å². The number of halogens is 1. The van der Waals surface area contributed by atoms with Crippen LogP contribution in [0, 0.1) is 0 Å². The molecule has 0 spiro atoms. The fraction of sp³-hybridized carbons (Fsp3) is 0.250. The van der Waals surface area contributed by atoms with Crippen LogP contribution in [0.2, 0.25) is 5.02 Å². The zero-order valence-electron chi connectivity index (χ0n) is 10.6. The summed E-state index contributed by atoms with van der Waals surface area (Å²) in [6.07, 6.45) is 0.484. The van der Waals surface area contributed by atoms with Gasteiger partial charge in [-0.25, -0.2) is 5.43 Å². The average Bonchev–Trinajstić information content (AvgIpc) is 2.36. The maximum Gasteiger partial charge on any atom is 0.230 e. The molecule has 2 amide bonds. The Hall–Kier alpha value is -2.08. The fourth-order valence-corrected chi connectivity index (χ4v) is 1.55. The van der Waals surface area contributed by atoms with E-state index in [1.165, 1.54) is 7.11 Å². The van der Waals surface area contributed by atoms with Crippen molar-refractivity contribution in [2.75, 3.05) is 12.4 Å². The van der Waals surface area contributed by atoms with Crippen LogP contribution in [0.15, 0.2) is 23.3 Å². The monoisotopic (exact) mass is 283 g/mol. The first-order valence-electron chi connectivity index (χ1n) is 5.42. The van der Waals surface area contributed by atoms with Crippen LogP contribution in [-0.4, -0.2) is 25.1 Å². The Kier molecular flexibility index (Phi) is 5.81. The topological polar surface area (TPSA) is 79.8 Å². The zero-order valence-corrected chi connectivity index (χ0v) is 11.3. The minimum atomic E-state index is -0.283. The maximum atomic E-state index is 11.8. The molecule has 0 saturated heterocycles. The Morgan fingerprint density at radius 2 is 2.26 bits per heavy atom. The third kappa shape index (κ3) is 4.97. The van der Waals surface area contributed by atoms with Crippen molar-refractivity contribution >= 4 is 35.3 Å². The van der Waals surface area contributed by atoms with Crippen molar-refractivity contribution < 1.29 is 14.3 Å². The standard InChI is InChI=1S/C12H14ClN3O3/c1-8(16-14-7-17)5-12(18)15-10-6-9(13)3-4-11(10)19-2/h3-4,6-7H,5H2,1-2H3,(H,14,17)(H,15,18)/b16-8+. The van der Waals surface area contributed by atoms with Crippen molar-refractivity contribution in [2.24, 2.45) is 5.10 Å². The number of nitrogens with zero attached hydrogens (tertiary/aromatic N) is 1. The number of carbonyl (C=O) groups is 2. The summed E-state index contributed by atoms with van der Waals surface area (Å²) in [6, 6.07) is 4.91. The number of ether oxygens (including phenoxy) is 1. The predicted octanol–water partition coefficient (Wildman–Crippen LogP) is 1.80. The van der Waals surface area contributed by atoms with E-state index in [0.717, 1.165) is 0 Å². The molecular weight excluding hydrogens is 270 g/mol. The van der Waals surface area contributed by atoms with E-state index < -0.39 is 0 Å². The van der Waals surface area contributed by atoms with Gasteiger partial charge in [0.25, 0.3) is 0 Å². The number of amides is 2. The van der Waals surface area contributed by atoms with Crippen molar-refractivity contribution in [3.05, 3.63) is 23.2 Å². The largest absolute Gasteiger partial charge is 0.495 e. The number of nitrogens with one attached hydrogen (secondary N) is 2. The van der Waals surface area contributed by atoms with E-state index in [2.05, 4.69) is 15.8 Å². The molecule has 0 atom stereocenters. The van der Waals surface area contributed by atoms with Gasteiger partial charge in [-0.2, -0.15) is 5.10 Å². The van der Waals surface area contributed by atoms with Gasteiger partial charge in [0.1, 0.15) is 5.75 Å². The number of rotatable bonds is 6. The predicted molar refractivity (Wildman–Crippen MR) is 73.6 cm³/mol. The van der Waals surface area contributed by atoms with Crippen LogP contribution >= 0.6 is 11.6 Å². The minimum Gasteiger partial charge on any atom is -0.495 e. The fourth-order valence-electron chi connectivity index (χ4n) is 1.38. The van der Waals surface area contributed by atoms with Gasteiger partial charge in [-0.15, -0.1) is 0 Å². The normalized spacial score (nSPS) is 10.8. The van der Waals surface area contributed by atoms with Crippen molar-refractivity contribution in [3.8, 4) is 5.75 Å². The van der Waals surface area contributed by atoms with Gasteiger partial charge in [0.05, 0.1) is 19.2 Å². The summed E-state index contributed by atoms with van der Waals surface area (Å²) in [5.41, 5.74) is 3.09. The van der Waals surface area contributed by atoms with Gasteiger partial charge in [0, 0.05) is 10.7 Å². The molecule has 1 aromatic rings. The molecule has 0 aromatic heterocycles. The van der Waals surface area contributed by atoms with Gasteiger partial charge in [0.2, 0.25) is 12.3 Å². The summed E-state index contributed by atoms with van der Waals surface area (Å²) in [5, 5.41) is 6.82. The number of benzene rings is 1. The summed E-state index contributed by atoms with van der Waals surface area (Å²) >= 11 is 5.85. The maximum absolute atomic E-state index is 11.8. The van der Waals surface area contributed by atoms with Crippen molar-refractivity contribution in [1.82, 2.24) is 5.43 Å². The van der Waals surface area contributed by atoms with Crippen molar-refractivity contribution in [1.29, 1.82) is 0 Å². The Morgan fingerprint density at radius 1 is 1.53 bits per heavy atom. The Labute approximate surface area is 115 Å². The van der Waals surface area contributed by atoms with Crippen LogP contribution in [-0.2, 0) is 9.59 Å². The highest BCUT2D eigenvalue weighted by molar-refractivity contribution is 6.31. The van der Waals surface area contributed by atoms with E-state index in [1.54, 1.807) is 25.1 Å². The van der Waals surface area contributed by atoms with Gasteiger partial charge in [-0.3, -0.25) is 9.59 Å². The molecule has 0 radical (unpaired) electrons. The second kappa shape index (κ2) is 7.38. The van der Waals surface area contributed by atoms with E-state index in [1.807, 2.05) is 0 Å². The second-order valence-corrected chi connectivity index (χ2v) is 4.10. The molecule has 2 N–H and O–H groups in total. The third-order valence-electron chi connectivity index (χ3n) is 2.16. The van der Waals surface area contributed by atoms with E-state index in [4.69, 9.17) is 16.3 Å². The van der Waals surface area contributed by atoms with Gasteiger partial charge in [-0.1, -0.05) is 11.6 Å². The van der Waals surface area contributed by atoms with Crippen molar-refractivity contribution in [3.63, 3.8) is 0 Å². The number of anilines is 1. The van der Waals surface area contributed by atoms with E-state index in [9.17, 15) is 9.59 Å². The van der Waals surface area contributed by atoms with Crippen LogP contribution in [0.4, 0.5) is 5.69 Å². The molecule has 0 aliphatic carbocycles. The number of methoxy groups -OCH3 is 1. The quantitative estimate of drug-likeness (QED) is 0.475. The van der Waals surface area contributed by atoms with E-state index in [0.29, 0.717) is 28.6 Å². The molecule has 0 bridgehead atoms. The summed E-state index contributed by atoms with van der Waals surface area (Å²) < 4.78 is 5.11. The van der Waals surface area contributed by atoms with Gasteiger partial charge < -0.3 is 10.1 Å². The molecule has 6 nitrogen and oxygen atoms in total. The molecule has 0 saturated carbocycles. The Bertz CT molecular complexity index is 503.